The summed E-state index contributed by atoms with van der Waals surface area (Å²) in [4.78, 5) is 12.1. The minimum atomic E-state index is -4.16. The van der Waals surface area contributed by atoms with Gasteiger partial charge < -0.3 is 4.74 Å². The van der Waals surface area contributed by atoms with Crippen molar-refractivity contribution < 1.29 is 22.2 Å². The van der Waals surface area contributed by atoms with Crippen LogP contribution in [0.1, 0.15) is 44.2 Å². The van der Waals surface area contributed by atoms with Gasteiger partial charge in [-0.25, -0.2) is 4.79 Å². The molecule has 0 saturated heterocycles. The Bertz CT molecular complexity index is 890. The highest BCUT2D eigenvalue weighted by Gasteiger charge is 2.21. The third-order valence-electron chi connectivity index (χ3n) is 4.09. The Morgan fingerprint density at radius 2 is 1.67 bits per heavy atom. The van der Waals surface area contributed by atoms with Gasteiger partial charge in [0.2, 0.25) is 0 Å². The molecule has 0 bridgehead atoms. The fourth-order valence-corrected chi connectivity index (χ4v) is 3.06. The number of benzene rings is 2. The molecule has 0 heterocycles. The first-order valence-electron chi connectivity index (χ1n) is 8.73. The molecule has 0 radical (unpaired) electrons. The molecular formula is C20H23NO5S. The maximum atomic E-state index is 12.4. The summed E-state index contributed by atoms with van der Waals surface area (Å²) in [6.07, 6.45) is 0.951. The van der Waals surface area contributed by atoms with Crippen LogP contribution in [0.5, 0.6) is 0 Å². The number of carbonyl (C=O) groups excluding carboxylic acids is 1. The molecule has 0 N–H and O–H groups in total. The lowest BCUT2D eigenvalue weighted by molar-refractivity contribution is -0.135. The Labute approximate surface area is 159 Å². The molecule has 0 fully saturated rings. The number of rotatable bonds is 8. The van der Waals surface area contributed by atoms with Gasteiger partial charge in [0.1, 0.15) is 4.90 Å². The molecule has 0 amide bonds. The van der Waals surface area contributed by atoms with Gasteiger partial charge in [0.15, 0.2) is 5.71 Å². The van der Waals surface area contributed by atoms with Crippen molar-refractivity contribution in [1.82, 2.24) is 0 Å². The van der Waals surface area contributed by atoms with E-state index in [1.165, 1.54) is 12.1 Å². The van der Waals surface area contributed by atoms with Crippen molar-refractivity contribution in [3.05, 3.63) is 65.7 Å². The summed E-state index contributed by atoms with van der Waals surface area (Å²) in [5.41, 5.74) is 1.23. The minimum absolute atomic E-state index is 0.0328. The van der Waals surface area contributed by atoms with E-state index in [9.17, 15) is 13.2 Å². The number of ether oxygens (including phenoxy) is 1. The predicted octanol–water partition coefficient (Wildman–Crippen LogP) is 3.87. The Morgan fingerprint density at radius 1 is 1.04 bits per heavy atom. The molecule has 0 aliphatic carbocycles. The fourth-order valence-electron chi connectivity index (χ4n) is 2.33. The third kappa shape index (κ3) is 5.40. The van der Waals surface area contributed by atoms with Crippen LogP contribution in [0.3, 0.4) is 0 Å². The maximum absolute atomic E-state index is 12.4. The Kier molecular flexibility index (Phi) is 7.12. The van der Waals surface area contributed by atoms with Crippen LogP contribution in [-0.4, -0.2) is 26.7 Å². The van der Waals surface area contributed by atoms with E-state index in [1.807, 2.05) is 0 Å². The highest BCUT2D eigenvalue weighted by molar-refractivity contribution is 7.86. The first kappa shape index (κ1) is 20.6. The van der Waals surface area contributed by atoms with Crippen LogP contribution in [0.4, 0.5) is 0 Å². The van der Waals surface area contributed by atoms with E-state index in [0.29, 0.717) is 11.5 Å². The molecule has 27 heavy (non-hydrogen) atoms. The van der Waals surface area contributed by atoms with E-state index in [-0.39, 0.29) is 17.2 Å². The molecule has 6 nitrogen and oxygen atoms in total. The lowest BCUT2D eigenvalue weighted by Crippen LogP contribution is -2.20. The number of hydrogen-bond acceptors (Lipinski definition) is 6. The van der Waals surface area contributed by atoms with Crippen LogP contribution in [0, 0.1) is 0 Å². The van der Waals surface area contributed by atoms with Crippen molar-refractivity contribution in [3.8, 4) is 0 Å². The summed E-state index contributed by atoms with van der Waals surface area (Å²) in [7, 11) is -4.16. The SMILES string of the molecule is CCOC(=O)C(=NOS(=O)(=O)c1ccc(C(C)CC)cc1)c1ccccc1. The van der Waals surface area contributed by atoms with Gasteiger partial charge in [-0.15, -0.1) is 0 Å². The quantitative estimate of drug-likeness (QED) is 0.389. The second-order valence-corrected chi connectivity index (χ2v) is 7.46. The molecule has 2 aromatic rings. The third-order valence-corrected chi connectivity index (χ3v) is 5.21. The van der Waals surface area contributed by atoms with Gasteiger partial charge in [-0.3, -0.25) is 4.28 Å². The van der Waals surface area contributed by atoms with E-state index in [0.717, 1.165) is 12.0 Å². The van der Waals surface area contributed by atoms with Crippen LogP contribution in [-0.2, 0) is 23.9 Å². The highest BCUT2D eigenvalue weighted by Crippen LogP contribution is 2.21. The minimum Gasteiger partial charge on any atom is -0.461 e. The molecule has 1 unspecified atom stereocenters. The van der Waals surface area contributed by atoms with Crippen molar-refractivity contribution in [3.63, 3.8) is 0 Å². The van der Waals surface area contributed by atoms with Crippen LogP contribution >= 0.6 is 0 Å². The topological polar surface area (TPSA) is 82.0 Å². The number of carbonyl (C=O) groups is 1. The Morgan fingerprint density at radius 3 is 2.22 bits per heavy atom. The van der Waals surface area contributed by atoms with Crippen LogP contribution in [0.25, 0.3) is 0 Å². The number of oxime groups is 1. The summed E-state index contributed by atoms with van der Waals surface area (Å²) in [5.74, 6) is -0.430. The molecule has 0 spiro atoms. The standard InChI is InChI=1S/C20H23NO5S/c1-4-15(3)16-11-13-18(14-12-16)27(23,24)26-21-19(20(22)25-5-2)17-9-7-6-8-10-17/h6-15H,4-5H2,1-3H3. The van der Waals surface area contributed by atoms with E-state index in [1.54, 1.807) is 49.4 Å². The first-order chi connectivity index (χ1) is 12.9. The van der Waals surface area contributed by atoms with Gasteiger partial charge in [0, 0.05) is 5.56 Å². The summed E-state index contributed by atoms with van der Waals surface area (Å²) >= 11 is 0. The molecule has 0 aromatic heterocycles. The van der Waals surface area contributed by atoms with Crippen LogP contribution in [0.2, 0.25) is 0 Å². The molecule has 2 aromatic carbocycles. The molecule has 0 saturated carbocycles. The zero-order valence-corrected chi connectivity index (χ0v) is 16.4. The average molecular weight is 389 g/mol. The fraction of sp³-hybridized carbons (Fsp3) is 0.300. The summed E-state index contributed by atoms with van der Waals surface area (Å²) < 4.78 is 34.6. The van der Waals surface area contributed by atoms with Crippen molar-refractivity contribution >= 4 is 21.8 Å². The number of hydrogen-bond donors (Lipinski definition) is 0. The van der Waals surface area contributed by atoms with Gasteiger partial charge in [-0.1, -0.05) is 61.5 Å². The van der Waals surface area contributed by atoms with Crippen molar-refractivity contribution in [2.24, 2.45) is 5.16 Å². The second kappa shape index (κ2) is 9.32. The molecule has 0 aliphatic heterocycles. The van der Waals surface area contributed by atoms with Gasteiger partial charge in [0.25, 0.3) is 0 Å². The molecular weight excluding hydrogens is 366 g/mol. The van der Waals surface area contributed by atoms with Crippen molar-refractivity contribution in [1.29, 1.82) is 0 Å². The van der Waals surface area contributed by atoms with Gasteiger partial charge in [-0.05, 0) is 37.0 Å². The van der Waals surface area contributed by atoms with Gasteiger partial charge in [0.05, 0.1) is 6.61 Å². The van der Waals surface area contributed by atoms with Crippen LogP contribution < -0.4 is 0 Å². The molecule has 2 rings (SSSR count). The first-order valence-corrected chi connectivity index (χ1v) is 10.1. The molecule has 7 heteroatoms. The lowest BCUT2D eigenvalue weighted by atomic mass is 9.99. The van der Waals surface area contributed by atoms with E-state index in [2.05, 4.69) is 19.0 Å². The van der Waals surface area contributed by atoms with Gasteiger partial charge in [-0.2, -0.15) is 8.42 Å². The van der Waals surface area contributed by atoms with E-state index < -0.39 is 16.1 Å². The van der Waals surface area contributed by atoms with E-state index >= 15 is 0 Å². The Balaban J connectivity index is 2.29. The molecule has 0 aliphatic rings. The van der Waals surface area contributed by atoms with E-state index in [4.69, 9.17) is 9.02 Å². The van der Waals surface area contributed by atoms with Crippen molar-refractivity contribution in [2.45, 2.75) is 38.0 Å². The monoisotopic (exact) mass is 389 g/mol. The average Bonchev–Trinajstić information content (AvgIpc) is 2.68. The summed E-state index contributed by atoms with van der Waals surface area (Å²) in [6.45, 7) is 5.91. The molecule has 144 valence electrons. The maximum Gasteiger partial charge on any atom is 0.361 e. The number of esters is 1. The highest BCUT2D eigenvalue weighted by atomic mass is 32.2. The van der Waals surface area contributed by atoms with Gasteiger partial charge >= 0.3 is 16.1 Å². The summed E-state index contributed by atoms with van der Waals surface area (Å²) in [6, 6.07) is 14.8. The zero-order valence-electron chi connectivity index (χ0n) is 15.6. The lowest BCUT2D eigenvalue weighted by Gasteiger charge is -2.10. The predicted molar refractivity (Wildman–Crippen MR) is 103 cm³/mol. The Hall–Kier alpha value is -2.67. The molecule has 1 atom stereocenters. The number of nitrogens with zero attached hydrogens (tertiary/aromatic N) is 1. The summed E-state index contributed by atoms with van der Waals surface area (Å²) in [5, 5.41) is 3.59. The zero-order chi connectivity index (χ0) is 19.9. The second-order valence-electron chi connectivity index (χ2n) is 5.93. The van der Waals surface area contributed by atoms with Crippen LogP contribution in [0.15, 0.2) is 64.6 Å². The largest absolute Gasteiger partial charge is 0.461 e. The van der Waals surface area contributed by atoms with Crippen molar-refractivity contribution in [2.75, 3.05) is 6.61 Å². The smallest absolute Gasteiger partial charge is 0.361 e. The normalized spacial score (nSPS) is 13.1.